The second-order valence-corrected chi connectivity index (χ2v) is 6.89. The fourth-order valence-electron chi connectivity index (χ4n) is 4.55. The lowest BCUT2D eigenvalue weighted by Crippen LogP contribution is -2.41. The van der Waals surface area contributed by atoms with Gasteiger partial charge in [0.05, 0.1) is 5.92 Å². The molecule has 2 fully saturated rings. The van der Waals surface area contributed by atoms with E-state index in [4.69, 9.17) is 4.52 Å². The Hall–Kier alpha value is -1.85. The molecule has 22 heavy (non-hydrogen) atoms. The van der Waals surface area contributed by atoms with E-state index >= 15 is 0 Å². The van der Waals surface area contributed by atoms with Gasteiger partial charge in [0.1, 0.15) is 5.76 Å². The highest BCUT2D eigenvalue weighted by Gasteiger charge is 2.49. The second kappa shape index (κ2) is 5.11. The number of aromatic nitrogens is 1. The molecule has 4 rings (SSSR count). The Labute approximate surface area is 128 Å². The molecule has 0 aliphatic heterocycles. The van der Waals surface area contributed by atoms with Crippen LogP contribution in [-0.2, 0) is 17.6 Å². The molecule has 3 aliphatic rings. The highest BCUT2D eigenvalue weighted by molar-refractivity contribution is 5.94. The molecule has 4 atom stereocenters. The van der Waals surface area contributed by atoms with Crippen LogP contribution in [0.15, 0.2) is 4.52 Å². The molecule has 6 nitrogen and oxygen atoms in total. The lowest BCUT2D eigenvalue weighted by Gasteiger charge is -2.26. The van der Waals surface area contributed by atoms with Gasteiger partial charge in [-0.15, -0.1) is 0 Å². The molecule has 2 bridgehead atoms. The fraction of sp³-hybridized carbons (Fsp3) is 0.688. The number of hydrogen-bond acceptors (Lipinski definition) is 4. The Morgan fingerprint density at radius 1 is 1.14 bits per heavy atom. The minimum absolute atomic E-state index is 0.0871. The summed E-state index contributed by atoms with van der Waals surface area (Å²) >= 11 is 0. The van der Waals surface area contributed by atoms with Crippen molar-refractivity contribution in [2.75, 3.05) is 0 Å². The molecule has 0 unspecified atom stereocenters. The average Bonchev–Trinajstić information content (AvgIpc) is 3.19. The van der Waals surface area contributed by atoms with Crippen LogP contribution < -0.4 is 5.32 Å². The van der Waals surface area contributed by atoms with Crippen molar-refractivity contribution in [3.63, 3.8) is 0 Å². The Morgan fingerprint density at radius 2 is 1.95 bits per heavy atom. The SMILES string of the molecule is O=C(N[C@@H]1C[C@H]2C[C@@H]1C[C@H]2C(=O)O)c1noc2c1CCCC2. The van der Waals surface area contributed by atoms with Gasteiger partial charge >= 0.3 is 5.97 Å². The van der Waals surface area contributed by atoms with Crippen molar-refractivity contribution in [3.05, 3.63) is 17.0 Å². The summed E-state index contributed by atoms with van der Waals surface area (Å²) in [7, 11) is 0. The number of rotatable bonds is 3. The maximum absolute atomic E-state index is 12.5. The van der Waals surface area contributed by atoms with Gasteiger partial charge in [0, 0.05) is 18.0 Å². The van der Waals surface area contributed by atoms with E-state index in [0.29, 0.717) is 12.1 Å². The van der Waals surface area contributed by atoms with Crippen LogP contribution in [0.3, 0.4) is 0 Å². The first-order valence-corrected chi connectivity index (χ1v) is 8.14. The van der Waals surface area contributed by atoms with Gasteiger partial charge in [-0.25, -0.2) is 0 Å². The van der Waals surface area contributed by atoms with Gasteiger partial charge in [0.25, 0.3) is 5.91 Å². The summed E-state index contributed by atoms with van der Waals surface area (Å²) in [5.41, 5.74) is 1.41. The van der Waals surface area contributed by atoms with Gasteiger partial charge in [-0.05, 0) is 50.4 Å². The zero-order valence-electron chi connectivity index (χ0n) is 12.4. The summed E-state index contributed by atoms with van der Waals surface area (Å²) < 4.78 is 5.29. The molecule has 6 heteroatoms. The molecular weight excluding hydrogens is 284 g/mol. The van der Waals surface area contributed by atoms with E-state index < -0.39 is 5.97 Å². The lowest BCUT2D eigenvalue weighted by atomic mass is 9.86. The lowest BCUT2D eigenvalue weighted by molar-refractivity contribution is -0.143. The Balaban J connectivity index is 1.44. The third-order valence-electron chi connectivity index (χ3n) is 5.66. The number of aliphatic carboxylic acids is 1. The molecular formula is C16H20N2O4. The van der Waals surface area contributed by atoms with E-state index in [0.717, 1.165) is 49.8 Å². The van der Waals surface area contributed by atoms with Crippen molar-refractivity contribution >= 4 is 11.9 Å². The van der Waals surface area contributed by atoms with Crippen molar-refractivity contribution in [3.8, 4) is 0 Å². The Bertz CT molecular complexity index is 624. The van der Waals surface area contributed by atoms with E-state index in [1.165, 1.54) is 0 Å². The number of nitrogens with zero attached hydrogens (tertiary/aromatic N) is 1. The van der Waals surface area contributed by atoms with Gasteiger partial charge in [-0.2, -0.15) is 0 Å². The topological polar surface area (TPSA) is 92.4 Å². The number of aryl methyl sites for hydroxylation is 1. The molecule has 118 valence electrons. The number of carbonyl (C=O) groups excluding carboxylic acids is 1. The molecule has 1 aromatic heterocycles. The molecule has 0 radical (unpaired) electrons. The van der Waals surface area contributed by atoms with Gasteiger partial charge < -0.3 is 14.9 Å². The number of fused-ring (bicyclic) bond motifs is 3. The molecule has 1 heterocycles. The normalized spacial score (nSPS) is 32.7. The van der Waals surface area contributed by atoms with Crippen LogP contribution in [0.2, 0.25) is 0 Å². The number of amides is 1. The predicted molar refractivity (Wildman–Crippen MR) is 76.4 cm³/mol. The average molecular weight is 304 g/mol. The smallest absolute Gasteiger partial charge is 0.306 e. The largest absolute Gasteiger partial charge is 0.481 e. The summed E-state index contributed by atoms with van der Waals surface area (Å²) in [4.78, 5) is 23.6. The van der Waals surface area contributed by atoms with Crippen LogP contribution in [0.25, 0.3) is 0 Å². The summed E-state index contributed by atoms with van der Waals surface area (Å²) in [5, 5.41) is 16.2. The van der Waals surface area contributed by atoms with Gasteiger partial charge in [0.15, 0.2) is 5.69 Å². The van der Waals surface area contributed by atoms with Crippen molar-refractivity contribution in [2.24, 2.45) is 17.8 Å². The first-order valence-electron chi connectivity index (χ1n) is 8.14. The number of carboxylic acid groups (broad SMARTS) is 1. The zero-order valence-corrected chi connectivity index (χ0v) is 12.4. The van der Waals surface area contributed by atoms with Crippen molar-refractivity contribution in [1.82, 2.24) is 10.5 Å². The first-order chi connectivity index (χ1) is 10.6. The van der Waals surface area contributed by atoms with E-state index in [2.05, 4.69) is 10.5 Å². The second-order valence-electron chi connectivity index (χ2n) is 6.89. The van der Waals surface area contributed by atoms with E-state index in [1.54, 1.807) is 0 Å². The third-order valence-corrected chi connectivity index (χ3v) is 5.66. The van der Waals surface area contributed by atoms with Crippen molar-refractivity contribution in [2.45, 2.75) is 51.0 Å². The molecule has 1 aromatic rings. The van der Waals surface area contributed by atoms with Crippen LogP contribution >= 0.6 is 0 Å². The van der Waals surface area contributed by atoms with Crippen molar-refractivity contribution in [1.29, 1.82) is 0 Å². The number of nitrogens with one attached hydrogen (secondary N) is 1. The molecule has 1 amide bonds. The highest BCUT2D eigenvalue weighted by atomic mass is 16.5. The van der Waals surface area contributed by atoms with Gasteiger partial charge in [-0.1, -0.05) is 5.16 Å². The first kappa shape index (κ1) is 13.8. The van der Waals surface area contributed by atoms with Crippen molar-refractivity contribution < 1.29 is 19.2 Å². The Morgan fingerprint density at radius 3 is 2.68 bits per heavy atom. The van der Waals surface area contributed by atoms with Crippen LogP contribution in [-0.4, -0.2) is 28.2 Å². The van der Waals surface area contributed by atoms with Crippen LogP contribution in [0.4, 0.5) is 0 Å². The molecule has 3 aliphatic carbocycles. The zero-order chi connectivity index (χ0) is 15.3. The molecule has 0 aromatic carbocycles. The highest BCUT2D eigenvalue weighted by Crippen LogP contribution is 2.48. The Kier molecular flexibility index (Phi) is 3.20. The maximum atomic E-state index is 12.5. The minimum atomic E-state index is -0.692. The number of hydrogen-bond donors (Lipinski definition) is 2. The van der Waals surface area contributed by atoms with Crippen LogP contribution in [0, 0.1) is 17.8 Å². The van der Waals surface area contributed by atoms with Gasteiger partial charge in [0.2, 0.25) is 0 Å². The molecule has 0 spiro atoms. The minimum Gasteiger partial charge on any atom is -0.481 e. The predicted octanol–water partition coefficient (Wildman–Crippen LogP) is 1.78. The maximum Gasteiger partial charge on any atom is 0.306 e. The third kappa shape index (κ3) is 2.12. The van der Waals surface area contributed by atoms with Crippen LogP contribution in [0.5, 0.6) is 0 Å². The summed E-state index contributed by atoms with van der Waals surface area (Å²) in [5.74, 6) is 0.282. The molecule has 0 saturated heterocycles. The molecule has 2 N–H and O–H groups in total. The van der Waals surface area contributed by atoms with E-state index in [9.17, 15) is 14.7 Å². The standard InChI is InChI=1S/C16H20N2O4/c19-15(14-10-3-1-2-4-13(10)22-18-14)17-12-7-8-5-9(12)6-11(8)16(20)21/h8-9,11-12H,1-7H2,(H,17,19)(H,20,21)/t8-,9-,11-,12-/m1/s1. The van der Waals surface area contributed by atoms with Gasteiger partial charge in [-0.3, -0.25) is 9.59 Å². The number of carbonyl (C=O) groups is 2. The van der Waals surface area contributed by atoms with E-state index in [-0.39, 0.29) is 29.7 Å². The summed E-state index contributed by atoms with van der Waals surface area (Å²) in [6.45, 7) is 0. The summed E-state index contributed by atoms with van der Waals surface area (Å²) in [6.07, 6.45) is 6.26. The van der Waals surface area contributed by atoms with E-state index in [1.807, 2.05) is 0 Å². The number of carboxylic acids is 1. The molecule has 2 saturated carbocycles. The monoisotopic (exact) mass is 304 g/mol. The quantitative estimate of drug-likeness (QED) is 0.888. The van der Waals surface area contributed by atoms with Crippen LogP contribution in [0.1, 0.15) is 53.9 Å². The summed E-state index contributed by atoms with van der Waals surface area (Å²) in [6, 6.07) is 0.0871. The fourth-order valence-corrected chi connectivity index (χ4v) is 4.55.